The normalized spacial score (nSPS) is 25.2. The zero-order chi connectivity index (χ0) is 13.3. The highest BCUT2D eigenvalue weighted by Crippen LogP contribution is 2.32. The number of rotatable bonds is 2. The number of carbonyl (C=O) groups excluding carboxylic acids is 1. The van der Waals surface area contributed by atoms with E-state index in [1.54, 1.807) is 6.20 Å². The molecule has 1 N–H and O–H groups in total. The van der Waals surface area contributed by atoms with Crippen LogP contribution in [0.4, 0.5) is 0 Å². The molecule has 3 rings (SSSR count). The van der Waals surface area contributed by atoms with Gasteiger partial charge in [0.05, 0.1) is 0 Å². The summed E-state index contributed by atoms with van der Waals surface area (Å²) >= 11 is 0. The number of piperidine rings is 1. The molecule has 2 fully saturated rings. The lowest BCUT2D eigenvalue weighted by molar-refractivity contribution is -0.143. The van der Waals surface area contributed by atoms with Gasteiger partial charge in [-0.3, -0.25) is 9.48 Å². The highest BCUT2D eigenvalue weighted by Gasteiger charge is 2.46. The van der Waals surface area contributed by atoms with Crippen LogP contribution in [0.15, 0.2) is 18.5 Å². The predicted octanol–water partition coefficient (Wildman–Crippen LogP) is 1.39. The van der Waals surface area contributed by atoms with Crippen molar-refractivity contribution >= 4 is 18.3 Å². The fraction of sp³-hybridized carbons (Fsp3) is 0.714. The van der Waals surface area contributed by atoms with Crippen molar-refractivity contribution in [2.24, 2.45) is 0 Å². The second kappa shape index (κ2) is 6.14. The molecule has 6 heteroatoms. The summed E-state index contributed by atoms with van der Waals surface area (Å²) in [5.41, 5.74) is -0.465. The Balaban J connectivity index is 0.00000147. The molecule has 3 heterocycles. The molecule has 1 unspecified atom stereocenters. The Morgan fingerprint density at radius 1 is 1.40 bits per heavy atom. The smallest absolute Gasteiger partial charge is 0.250 e. The van der Waals surface area contributed by atoms with E-state index in [9.17, 15) is 4.79 Å². The molecule has 0 aliphatic carbocycles. The predicted molar refractivity (Wildman–Crippen MR) is 80.0 cm³/mol. The molecular weight excluding hydrogens is 276 g/mol. The maximum Gasteiger partial charge on any atom is 0.250 e. The van der Waals surface area contributed by atoms with Gasteiger partial charge in [0.2, 0.25) is 0 Å². The maximum atomic E-state index is 13.1. The standard InChI is InChI=1S/C14H22N4O.ClH/c1-12-4-2-10-17(12)13(19)14(5-8-15-9-6-14)18-11-3-7-16-18;/h3,7,11-12,15H,2,4-6,8-10H2,1H3;1H. The minimum Gasteiger partial charge on any atom is -0.338 e. The number of halogens is 1. The van der Waals surface area contributed by atoms with Gasteiger partial charge in [-0.05, 0) is 51.8 Å². The summed E-state index contributed by atoms with van der Waals surface area (Å²) < 4.78 is 1.89. The first-order valence-corrected chi connectivity index (χ1v) is 7.26. The zero-order valence-electron chi connectivity index (χ0n) is 11.9. The fourth-order valence-corrected chi connectivity index (χ4v) is 3.41. The van der Waals surface area contributed by atoms with Crippen LogP contribution < -0.4 is 5.32 Å². The molecule has 2 aliphatic rings. The average molecular weight is 299 g/mol. The van der Waals surface area contributed by atoms with Crippen LogP contribution in [-0.2, 0) is 10.3 Å². The van der Waals surface area contributed by atoms with Crippen LogP contribution in [0.3, 0.4) is 0 Å². The van der Waals surface area contributed by atoms with Crippen LogP contribution >= 0.6 is 12.4 Å². The summed E-state index contributed by atoms with van der Waals surface area (Å²) in [7, 11) is 0. The first kappa shape index (κ1) is 15.3. The molecule has 5 nitrogen and oxygen atoms in total. The van der Waals surface area contributed by atoms with Crippen molar-refractivity contribution in [3.05, 3.63) is 18.5 Å². The molecule has 2 aliphatic heterocycles. The molecule has 0 saturated carbocycles. The minimum absolute atomic E-state index is 0. The number of amides is 1. The number of hydrogen-bond donors (Lipinski definition) is 1. The second-order valence-corrected chi connectivity index (χ2v) is 5.72. The lowest BCUT2D eigenvalue weighted by Crippen LogP contribution is -2.56. The number of aromatic nitrogens is 2. The van der Waals surface area contributed by atoms with Crippen LogP contribution in [0.25, 0.3) is 0 Å². The largest absolute Gasteiger partial charge is 0.338 e. The Labute approximate surface area is 126 Å². The van der Waals surface area contributed by atoms with Gasteiger partial charge in [0.1, 0.15) is 5.54 Å². The van der Waals surface area contributed by atoms with Crippen molar-refractivity contribution in [2.75, 3.05) is 19.6 Å². The van der Waals surface area contributed by atoms with Crippen molar-refractivity contribution in [1.82, 2.24) is 20.0 Å². The molecule has 1 atom stereocenters. The van der Waals surface area contributed by atoms with Crippen LogP contribution in [-0.4, -0.2) is 46.3 Å². The minimum atomic E-state index is -0.465. The highest BCUT2D eigenvalue weighted by atomic mass is 35.5. The van der Waals surface area contributed by atoms with Gasteiger partial charge in [0.15, 0.2) is 0 Å². The van der Waals surface area contributed by atoms with E-state index in [0.717, 1.165) is 45.3 Å². The van der Waals surface area contributed by atoms with E-state index < -0.39 is 5.54 Å². The Morgan fingerprint density at radius 3 is 2.70 bits per heavy atom. The first-order valence-electron chi connectivity index (χ1n) is 7.26. The first-order chi connectivity index (χ1) is 9.24. The average Bonchev–Trinajstić information content (AvgIpc) is 3.10. The second-order valence-electron chi connectivity index (χ2n) is 5.72. The van der Waals surface area contributed by atoms with Gasteiger partial charge in [0, 0.05) is 25.0 Å². The van der Waals surface area contributed by atoms with Crippen molar-refractivity contribution in [3.63, 3.8) is 0 Å². The van der Waals surface area contributed by atoms with E-state index in [0.29, 0.717) is 6.04 Å². The van der Waals surface area contributed by atoms with Gasteiger partial charge < -0.3 is 10.2 Å². The molecular formula is C14H23ClN4O. The SMILES string of the molecule is CC1CCCN1C(=O)C1(n2cccn2)CCNCC1.Cl. The van der Waals surface area contributed by atoms with Crippen molar-refractivity contribution in [2.45, 2.75) is 44.2 Å². The molecule has 112 valence electrons. The zero-order valence-corrected chi connectivity index (χ0v) is 12.7. The van der Waals surface area contributed by atoms with Crippen molar-refractivity contribution in [3.8, 4) is 0 Å². The molecule has 1 aromatic heterocycles. The summed E-state index contributed by atoms with van der Waals surface area (Å²) in [6.07, 6.45) is 7.61. The summed E-state index contributed by atoms with van der Waals surface area (Å²) in [5, 5.41) is 7.72. The van der Waals surface area contributed by atoms with Crippen LogP contribution in [0.1, 0.15) is 32.6 Å². The fourth-order valence-electron chi connectivity index (χ4n) is 3.41. The number of nitrogens with zero attached hydrogens (tertiary/aromatic N) is 3. The van der Waals surface area contributed by atoms with Crippen molar-refractivity contribution < 1.29 is 4.79 Å². The Kier molecular flexibility index (Phi) is 4.70. The summed E-state index contributed by atoms with van der Waals surface area (Å²) in [6.45, 7) is 4.82. The van der Waals surface area contributed by atoms with Gasteiger partial charge in [-0.25, -0.2) is 0 Å². The summed E-state index contributed by atoms with van der Waals surface area (Å²) in [5.74, 6) is 0.266. The van der Waals surface area contributed by atoms with Gasteiger partial charge in [-0.2, -0.15) is 5.10 Å². The molecule has 0 spiro atoms. The molecule has 0 bridgehead atoms. The third-order valence-electron chi connectivity index (χ3n) is 4.59. The lowest BCUT2D eigenvalue weighted by atomic mass is 9.86. The quantitative estimate of drug-likeness (QED) is 0.898. The molecule has 20 heavy (non-hydrogen) atoms. The van der Waals surface area contributed by atoms with E-state index in [2.05, 4.69) is 22.2 Å². The van der Waals surface area contributed by atoms with E-state index in [4.69, 9.17) is 0 Å². The van der Waals surface area contributed by atoms with Crippen LogP contribution in [0.5, 0.6) is 0 Å². The monoisotopic (exact) mass is 298 g/mol. The Morgan fingerprint density at radius 2 is 2.15 bits per heavy atom. The third-order valence-corrected chi connectivity index (χ3v) is 4.59. The summed E-state index contributed by atoms with van der Waals surface area (Å²) in [4.78, 5) is 15.1. The van der Waals surface area contributed by atoms with Gasteiger partial charge in [-0.15, -0.1) is 12.4 Å². The Hall–Kier alpha value is -1.07. The third kappa shape index (κ3) is 2.44. The van der Waals surface area contributed by atoms with Crippen LogP contribution in [0.2, 0.25) is 0 Å². The van der Waals surface area contributed by atoms with E-state index in [1.807, 2.05) is 16.9 Å². The molecule has 0 aromatic carbocycles. The number of hydrogen-bond acceptors (Lipinski definition) is 3. The molecule has 1 amide bonds. The van der Waals surface area contributed by atoms with E-state index >= 15 is 0 Å². The molecule has 2 saturated heterocycles. The molecule has 1 aromatic rings. The van der Waals surface area contributed by atoms with E-state index in [1.165, 1.54) is 0 Å². The van der Waals surface area contributed by atoms with Crippen LogP contribution in [0, 0.1) is 0 Å². The van der Waals surface area contributed by atoms with Gasteiger partial charge in [-0.1, -0.05) is 0 Å². The highest BCUT2D eigenvalue weighted by molar-refractivity contribution is 5.85. The van der Waals surface area contributed by atoms with Crippen molar-refractivity contribution in [1.29, 1.82) is 0 Å². The molecule has 0 radical (unpaired) electrons. The van der Waals surface area contributed by atoms with E-state index in [-0.39, 0.29) is 18.3 Å². The number of carbonyl (C=O) groups is 1. The topological polar surface area (TPSA) is 50.2 Å². The van der Waals surface area contributed by atoms with Gasteiger partial charge in [0.25, 0.3) is 5.91 Å². The van der Waals surface area contributed by atoms with Gasteiger partial charge >= 0.3 is 0 Å². The number of likely N-dealkylation sites (tertiary alicyclic amines) is 1. The Bertz CT molecular complexity index is 442. The maximum absolute atomic E-state index is 13.1. The number of nitrogens with one attached hydrogen (secondary N) is 1. The summed E-state index contributed by atoms with van der Waals surface area (Å²) in [6, 6.07) is 2.28. The lowest BCUT2D eigenvalue weighted by Gasteiger charge is -2.40.